The van der Waals surface area contributed by atoms with Gasteiger partial charge in [0.25, 0.3) is 5.91 Å². The minimum atomic E-state index is -2.04. The number of alkyl halides is 1. The molecule has 3 heterocycles. The number of aliphatic hydroxyl groups excluding tert-OH is 1. The van der Waals surface area contributed by atoms with E-state index < -0.39 is 40.9 Å². The monoisotopic (exact) mass is 646 g/mol. The second kappa shape index (κ2) is 11.6. The molecule has 12 heteroatoms. The van der Waals surface area contributed by atoms with Crippen molar-refractivity contribution in [2.75, 3.05) is 20.1 Å². The van der Waals surface area contributed by atoms with Gasteiger partial charge in [-0.2, -0.15) is 0 Å². The highest BCUT2D eigenvalue weighted by molar-refractivity contribution is 6.30. The predicted molar refractivity (Wildman–Crippen MR) is 160 cm³/mol. The van der Waals surface area contributed by atoms with Gasteiger partial charge >= 0.3 is 0 Å². The summed E-state index contributed by atoms with van der Waals surface area (Å²) in [6.45, 7) is 2.33. The van der Waals surface area contributed by atoms with Crippen molar-refractivity contribution >= 4 is 29.1 Å². The molecule has 0 radical (unpaired) electrons. The number of hydrogen-bond donors (Lipinski definition) is 2. The molecular weight excluding hydrogens is 613 g/mol. The fraction of sp³-hybridized carbons (Fsp3) is 0.469. The lowest BCUT2D eigenvalue weighted by Gasteiger charge is -2.46. The predicted octanol–water partition coefficient (Wildman–Crippen LogP) is 5.35. The molecule has 234 valence electrons. The molecule has 3 aromatic rings. The quantitative estimate of drug-likeness (QED) is 0.340. The third-order valence-electron chi connectivity index (χ3n) is 9.41. The molecule has 2 aromatic carbocycles. The van der Waals surface area contributed by atoms with Crippen LogP contribution < -0.4 is 0 Å². The number of ether oxygens (including phenoxy) is 1. The molecule has 44 heavy (non-hydrogen) atoms. The zero-order chi connectivity index (χ0) is 31.4. The van der Waals surface area contributed by atoms with Crippen molar-refractivity contribution in [1.29, 1.82) is 0 Å². The number of rotatable bonds is 8. The number of hydrogen-bond acceptors (Lipinski definition) is 7. The molecule has 0 bridgehead atoms. The van der Waals surface area contributed by atoms with Gasteiger partial charge in [-0.1, -0.05) is 42.3 Å². The van der Waals surface area contributed by atoms with Gasteiger partial charge in [0, 0.05) is 36.1 Å². The van der Waals surface area contributed by atoms with E-state index in [0.29, 0.717) is 28.7 Å². The Morgan fingerprint density at radius 2 is 1.73 bits per heavy atom. The first-order valence-electron chi connectivity index (χ1n) is 14.7. The number of amides is 1. The van der Waals surface area contributed by atoms with Gasteiger partial charge in [-0.3, -0.25) is 9.69 Å². The second-order valence-corrected chi connectivity index (χ2v) is 13.0. The summed E-state index contributed by atoms with van der Waals surface area (Å²) in [5.41, 5.74) is -5.60. The van der Waals surface area contributed by atoms with E-state index in [2.05, 4.69) is 9.97 Å². The average molecular weight is 648 g/mol. The maximum Gasteiger partial charge on any atom is 0.257 e. The number of likely N-dealkylation sites (tertiary alicyclic amines) is 1. The molecule has 8 nitrogen and oxygen atoms in total. The van der Waals surface area contributed by atoms with Gasteiger partial charge in [0.15, 0.2) is 0 Å². The summed E-state index contributed by atoms with van der Waals surface area (Å²) < 4.78 is 40.0. The summed E-state index contributed by atoms with van der Waals surface area (Å²) in [6, 6.07) is 9.07. The smallest absolute Gasteiger partial charge is 0.257 e. The molecule has 1 aliphatic carbocycles. The first kappa shape index (κ1) is 31.3. The highest BCUT2D eigenvalue weighted by Gasteiger charge is 2.58. The van der Waals surface area contributed by atoms with Crippen LogP contribution in [0.2, 0.25) is 10.0 Å². The molecule has 0 spiro atoms. The van der Waals surface area contributed by atoms with Gasteiger partial charge in [0.1, 0.15) is 22.9 Å². The lowest BCUT2D eigenvalue weighted by atomic mass is 9.71. The minimum absolute atomic E-state index is 0.00896. The van der Waals surface area contributed by atoms with Gasteiger partial charge in [-0.05, 0) is 69.0 Å². The molecule has 1 saturated heterocycles. The van der Waals surface area contributed by atoms with Crippen LogP contribution in [0.15, 0.2) is 48.8 Å². The third-order valence-corrected chi connectivity index (χ3v) is 9.86. The Balaban J connectivity index is 1.55. The summed E-state index contributed by atoms with van der Waals surface area (Å²) in [5.74, 6) is -1.21. The fourth-order valence-corrected chi connectivity index (χ4v) is 6.96. The van der Waals surface area contributed by atoms with E-state index in [1.807, 2.05) is 11.9 Å². The maximum atomic E-state index is 16.8. The zero-order valence-electron chi connectivity index (χ0n) is 24.4. The van der Waals surface area contributed by atoms with Gasteiger partial charge in [0.05, 0.1) is 34.9 Å². The van der Waals surface area contributed by atoms with E-state index in [1.54, 1.807) is 31.2 Å². The molecule has 1 amide bonds. The van der Waals surface area contributed by atoms with Crippen LogP contribution in [0.3, 0.4) is 0 Å². The Morgan fingerprint density at radius 1 is 1.09 bits per heavy atom. The molecule has 3 aliphatic rings. The number of fused-ring (bicyclic) bond motifs is 1. The van der Waals surface area contributed by atoms with Crippen molar-refractivity contribution in [3.8, 4) is 0 Å². The number of halogens is 4. The molecule has 1 saturated carbocycles. The van der Waals surface area contributed by atoms with Crippen LogP contribution in [-0.2, 0) is 22.6 Å². The summed E-state index contributed by atoms with van der Waals surface area (Å²) >= 11 is 12.2. The second-order valence-electron chi connectivity index (χ2n) is 12.1. The first-order valence-corrected chi connectivity index (χ1v) is 15.5. The van der Waals surface area contributed by atoms with E-state index in [4.69, 9.17) is 27.9 Å². The standard InChI is InChI=1S/C32H34Cl2F2N4O4/c1-3-31(43,30(36)8-10-39(2)11-9-30)20-12-25-28(26(35)13-20)32(44-24-14-23(41)15-24,19-4-6-21(33)7-5-19)40(29(25)42)18-27-37-16-22(34)17-38-27/h4-7,12-13,16-17,23-24,41,43H,3,8-11,14-15,18H2,1-2H3/t23-,24+,31?,32-/m1/s1. The number of nitrogens with zero attached hydrogens (tertiary/aromatic N) is 4. The fourth-order valence-electron chi connectivity index (χ4n) is 6.74. The van der Waals surface area contributed by atoms with Gasteiger partial charge in [0.2, 0.25) is 5.72 Å². The number of piperidine rings is 1. The lowest BCUT2D eigenvalue weighted by Crippen LogP contribution is -2.54. The molecule has 2 N–H and O–H groups in total. The van der Waals surface area contributed by atoms with Gasteiger partial charge in [-0.25, -0.2) is 18.7 Å². The highest BCUT2D eigenvalue weighted by Crippen LogP contribution is 2.52. The largest absolute Gasteiger partial charge is 0.393 e. The van der Waals surface area contributed by atoms with Crippen LogP contribution in [0.25, 0.3) is 0 Å². The topological polar surface area (TPSA) is 99.0 Å². The van der Waals surface area contributed by atoms with Crippen molar-refractivity contribution in [2.45, 2.75) is 74.8 Å². The highest BCUT2D eigenvalue weighted by atomic mass is 35.5. The van der Waals surface area contributed by atoms with Crippen molar-refractivity contribution in [3.05, 3.63) is 92.7 Å². The maximum absolute atomic E-state index is 16.8. The summed E-state index contributed by atoms with van der Waals surface area (Å²) in [6.07, 6.45) is 2.36. The summed E-state index contributed by atoms with van der Waals surface area (Å²) in [7, 11) is 1.88. The van der Waals surface area contributed by atoms with E-state index in [1.165, 1.54) is 23.4 Å². The Hall–Kier alpha value is -2.73. The molecule has 2 atom stereocenters. The van der Waals surface area contributed by atoms with E-state index >= 15 is 8.78 Å². The number of benzene rings is 2. The summed E-state index contributed by atoms with van der Waals surface area (Å²) in [5, 5.41) is 22.7. The van der Waals surface area contributed by atoms with E-state index in [9.17, 15) is 15.0 Å². The van der Waals surface area contributed by atoms with Crippen LogP contribution in [0, 0.1) is 5.82 Å². The van der Waals surface area contributed by atoms with Crippen molar-refractivity contribution in [3.63, 3.8) is 0 Å². The summed E-state index contributed by atoms with van der Waals surface area (Å²) in [4.78, 5) is 26.3. The number of aromatic nitrogens is 2. The van der Waals surface area contributed by atoms with E-state index in [-0.39, 0.29) is 61.2 Å². The number of aliphatic hydroxyl groups is 2. The molecule has 2 aliphatic heterocycles. The van der Waals surface area contributed by atoms with Crippen LogP contribution in [-0.4, -0.2) is 73.9 Å². The first-order chi connectivity index (χ1) is 20.9. The van der Waals surface area contributed by atoms with Crippen molar-refractivity contribution < 1.29 is 28.5 Å². The molecule has 6 rings (SSSR count). The number of carbonyl (C=O) groups excluding carboxylic acids is 1. The average Bonchev–Trinajstić information content (AvgIpc) is 3.22. The van der Waals surface area contributed by atoms with Crippen LogP contribution in [0.5, 0.6) is 0 Å². The Morgan fingerprint density at radius 3 is 2.32 bits per heavy atom. The number of carbonyl (C=O) groups is 1. The van der Waals surface area contributed by atoms with Crippen LogP contribution >= 0.6 is 23.2 Å². The van der Waals surface area contributed by atoms with Crippen molar-refractivity contribution in [2.24, 2.45) is 0 Å². The molecule has 2 fully saturated rings. The van der Waals surface area contributed by atoms with Gasteiger partial charge < -0.3 is 19.8 Å². The Labute approximate surface area is 264 Å². The normalized spacial score (nSPS) is 26.3. The Kier molecular flexibility index (Phi) is 8.22. The van der Waals surface area contributed by atoms with Crippen molar-refractivity contribution in [1.82, 2.24) is 19.8 Å². The van der Waals surface area contributed by atoms with Crippen LogP contribution in [0.4, 0.5) is 8.78 Å². The van der Waals surface area contributed by atoms with E-state index in [0.717, 1.165) is 6.07 Å². The third kappa shape index (κ3) is 5.09. The molecule has 1 unspecified atom stereocenters. The molecular formula is C32H34Cl2F2N4O4. The minimum Gasteiger partial charge on any atom is -0.393 e. The lowest BCUT2D eigenvalue weighted by molar-refractivity contribution is -0.191. The SMILES string of the molecule is CCC(O)(c1cc(F)c2c(c1)C(=O)N(Cc1ncc(Cl)cn1)[C@@]2(O[C@H]1C[C@@H](O)C1)c1ccc(Cl)cc1)C1(F)CCN(C)CC1. The zero-order valence-corrected chi connectivity index (χ0v) is 26.0. The molecule has 1 aromatic heterocycles. The van der Waals surface area contributed by atoms with Crippen LogP contribution in [0.1, 0.15) is 71.9 Å². The Bertz CT molecular complexity index is 1550. The van der Waals surface area contributed by atoms with Gasteiger partial charge in [-0.15, -0.1) is 0 Å².